The van der Waals surface area contributed by atoms with Crippen LogP contribution in [0.25, 0.3) is 22.2 Å². The van der Waals surface area contributed by atoms with Crippen LogP contribution in [0.3, 0.4) is 0 Å². The van der Waals surface area contributed by atoms with E-state index in [1.165, 1.54) is 5.56 Å². The molecule has 0 unspecified atom stereocenters. The van der Waals surface area contributed by atoms with E-state index in [1.807, 2.05) is 55.5 Å². The van der Waals surface area contributed by atoms with E-state index in [9.17, 15) is 9.59 Å². The van der Waals surface area contributed by atoms with E-state index in [1.54, 1.807) is 12.4 Å². The molecule has 4 aromatic rings. The van der Waals surface area contributed by atoms with Gasteiger partial charge >= 0.3 is 5.97 Å². The molecular weight excluding hydrogens is 368 g/mol. The van der Waals surface area contributed by atoms with Gasteiger partial charge in [-0.15, -0.1) is 0 Å². The van der Waals surface area contributed by atoms with Crippen molar-refractivity contribution in [2.45, 2.75) is 19.8 Å². The number of carbonyl (C=O) groups excluding carboxylic acids is 2. The van der Waals surface area contributed by atoms with Crippen LogP contribution in [0.4, 0.5) is 0 Å². The summed E-state index contributed by atoms with van der Waals surface area (Å²) in [6, 6.07) is 15.4. The number of nitrogens with one attached hydrogen (secondary N) is 1. The first kappa shape index (κ1) is 18.7. The molecule has 146 valence electrons. The summed E-state index contributed by atoms with van der Waals surface area (Å²) >= 11 is 0. The summed E-state index contributed by atoms with van der Waals surface area (Å²) in [4.78, 5) is 31.6. The maximum atomic E-state index is 12.4. The van der Waals surface area contributed by atoms with Gasteiger partial charge in [0.1, 0.15) is 0 Å². The molecule has 2 heterocycles. The molecule has 2 aromatic heterocycles. The molecule has 0 aliphatic carbocycles. The first-order valence-electron chi connectivity index (χ1n) is 9.37. The number of Topliss-reactive ketones (excluding diaryl/α,β-unsaturated/α-hetero) is 1. The first-order valence-corrected chi connectivity index (χ1v) is 9.37. The van der Waals surface area contributed by atoms with Crippen LogP contribution in [0.2, 0.25) is 0 Å². The molecule has 0 radical (unpaired) electrons. The number of ether oxygens (including phenoxy) is 1. The van der Waals surface area contributed by atoms with Crippen LogP contribution in [0.1, 0.15) is 28.2 Å². The number of ketones is 1. The molecule has 29 heavy (non-hydrogen) atoms. The third-order valence-corrected chi connectivity index (χ3v) is 4.69. The van der Waals surface area contributed by atoms with E-state index in [-0.39, 0.29) is 18.8 Å². The van der Waals surface area contributed by atoms with Crippen LogP contribution in [0.5, 0.6) is 0 Å². The maximum Gasteiger partial charge on any atom is 0.306 e. The average Bonchev–Trinajstić information content (AvgIpc) is 3.38. The van der Waals surface area contributed by atoms with Crippen molar-refractivity contribution in [3.63, 3.8) is 0 Å². The first-order chi connectivity index (χ1) is 14.1. The maximum absolute atomic E-state index is 12.4. The van der Waals surface area contributed by atoms with E-state index in [4.69, 9.17) is 9.15 Å². The largest absolute Gasteiger partial charge is 0.457 e. The predicted octanol–water partition coefficient (Wildman–Crippen LogP) is 4.49. The highest BCUT2D eigenvalue weighted by Crippen LogP contribution is 2.21. The Labute approximate surface area is 167 Å². The van der Waals surface area contributed by atoms with Crippen LogP contribution < -0.4 is 0 Å². The van der Waals surface area contributed by atoms with E-state index >= 15 is 0 Å². The van der Waals surface area contributed by atoms with Crippen LogP contribution in [-0.2, 0) is 16.0 Å². The third-order valence-electron chi connectivity index (χ3n) is 4.69. The molecule has 0 saturated carbocycles. The lowest BCUT2D eigenvalue weighted by Crippen LogP contribution is -2.14. The molecule has 0 atom stereocenters. The molecule has 2 aromatic carbocycles. The molecule has 0 bridgehead atoms. The summed E-state index contributed by atoms with van der Waals surface area (Å²) in [5, 5.41) is 0.817. The molecule has 0 spiro atoms. The zero-order chi connectivity index (χ0) is 20.2. The van der Waals surface area contributed by atoms with Crippen molar-refractivity contribution in [1.82, 2.24) is 9.97 Å². The Morgan fingerprint density at radius 3 is 2.72 bits per heavy atom. The Hall–Kier alpha value is -3.67. The van der Waals surface area contributed by atoms with Gasteiger partial charge in [0.05, 0.1) is 12.6 Å². The fraction of sp³-hybridized carbons (Fsp3) is 0.174. The van der Waals surface area contributed by atoms with E-state index < -0.39 is 5.97 Å². The van der Waals surface area contributed by atoms with Gasteiger partial charge in [-0.1, -0.05) is 48.0 Å². The zero-order valence-corrected chi connectivity index (χ0v) is 16.0. The van der Waals surface area contributed by atoms with E-state index in [2.05, 4.69) is 9.97 Å². The van der Waals surface area contributed by atoms with Gasteiger partial charge in [0.2, 0.25) is 5.78 Å². The van der Waals surface area contributed by atoms with Crippen LogP contribution in [0, 0.1) is 6.92 Å². The van der Waals surface area contributed by atoms with Crippen molar-refractivity contribution in [1.29, 1.82) is 0 Å². The summed E-state index contributed by atoms with van der Waals surface area (Å²) in [5.74, 6) is 0.408. The van der Waals surface area contributed by atoms with E-state index in [0.717, 1.165) is 16.5 Å². The van der Waals surface area contributed by atoms with Gasteiger partial charge in [-0.2, -0.15) is 0 Å². The lowest BCUT2D eigenvalue weighted by atomic mass is 10.1. The van der Waals surface area contributed by atoms with Crippen molar-refractivity contribution in [2.75, 3.05) is 6.61 Å². The topological polar surface area (TPSA) is 85.2 Å². The van der Waals surface area contributed by atoms with Gasteiger partial charge in [0.25, 0.3) is 0 Å². The molecule has 6 nitrogen and oxygen atoms in total. The minimum atomic E-state index is -0.465. The second-order valence-electron chi connectivity index (χ2n) is 6.82. The van der Waals surface area contributed by atoms with Gasteiger partial charge in [-0.25, -0.2) is 4.98 Å². The molecule has 0 aliphatic rings. The second kappa shape index (κ2) is 8.14. The van der Waals surface area contributed by atoms with Crippen molar-refractivity contribution in [3.8, 4) is 11.3 Å². The zero-order valence-electron chi connectivity index (χ0n) is 16.0. The SMILES string of the molecule is Cc1ccc(-c2cnc(CCC(=O)OCC(=O)c3c[nH]c4ccccc34)o2)cc1. The number of rotatable bonds is 7. The molecular formula is C23H20N2O4. The Balaban J connectivity index is 1.29. The fourth-order valence-electron chi connectivity index (χ4n) is 3.08. The standard InChI is InChI=1S/C23H20N2O4/c1-15-6-8-16(9-7-15)21-13-25-22(29-21)10-11-23(27)28-14-20(26)18-12-24-19-5-3-2-4-17(18)19/h2-9,12-13,24H,10-11,14H2,1H3. The van der Waals surface area contributed by atoms with Crippen molar-refractivity contribution in [3.05, 3.63) is 77.9 Å². The van der Waals surface area contributed by atoms with Crippen LogP contribution in [-0.4, -0.2) is 28.3 Å². The Morgan fingerprint density at radius 2 is 1.90 bits per heavy atom. The van der Waals surface area contributed by atoms with Gasteiger partial charge in [0.15, 0.2) is 18.3 Å². The number of nitrogens with zero attached hydrogens (tertiary/aromatic N) is 1. The third kappa shape index (κ3) is 4.27. The number of para-hydroxylation sites is 1. The summed E-state index contributed by atoms with van der Waals surface area (Å²) in [5.41, 5.74) is 3.49. The molecule has 0 amide bonds. The highest BCUT2D eigenvalue weighted by molar-refractivity contribution is 6.08. The summed E-state index contributed by atoms with van der Waals surface area (Å²) in [7, 11) is 0. The number of oxazole rings is 1. The number of esters is 1. The van der Waals surface area contributed by atoms with Crippen molar-refractivity contribution >= 4 is 22.7 Å². The van der Waals surface area contributed by atoms with Crippen LogP contribution in [0.15, 0.2) is 65.3 Å². The molecule has 0 fully saturated rings. The number of carbonyl (C=O) groups is 2. The molecule has 0 saturated heterocycles. The number of hydrogen-bond donors (Lipinski definition) is 1. The Bertz CT molecular complexity index is 1160. The number of aryl methyl sites for hydroxylation is 2. The minimum absolute atomic E-state index is 0.0923. The van der Waals surface area contributed by atoms with Crippen molar-refractivity contribution < 1.29 is 18.7 Å². The molecule has 0 aliphatic heterocycles. The van der Waals surface area contributed by atoms with Crippen LogP contribution >= 0.6 is 0 Å². The number of fused-ring (bicyclic) bond motifs is 1. The number of benzene rings is 2. The smallest absolute Gasteiger partial charge is 0.306 e. The highest BCUT2D eigenvalue weighted by atomic mass is 16.5. The van der Waals surface area contributed by atoms with Gasteiger partial charge in [0, 0.05) is 34.6 Å². The fourth-order valence-corrected chi connectivity index (χ4v) is 3.08. The van der Waals surface area contributed by atoms with Crippen molar-refractivity contribution in [2.24, 2.45) is 0 Å². The predicted molar refractivity (Wildman–Crippen MR) is 109 cm³/mol. The number of H-pyrrole nitrogens is 1. The number of aromatic nitrogens is 2. The van der Waals surface area contributed by atoms with Gasteiger partial charge < -0.3 is 14.1 Å². The lowest BCUT2D eigenvalue weighted by molar-refractivity contribution is -0.142. The molecule has 4 rings (SSSR count). The number of hydrogen-bond acceptors (Lipinski definition) is 5. The Morgan fingerprint density at radius 1 is 1.10 bits per heavy atom. The monoisotopic (exact) mass is 388 g/mol. The summed E-state index contributed by atoms with van der Waals surface area (Å²) < 4.78 is 10.8. The quantitative estimate of drug-likeness (QED) is 0.372. The highest BCUT2D eigenvalue weighted by Gasteiger charge is 2.15. The summed E-state index contributed by atoms with van der Waals surface area (Å²) in [6.07, 6.45) is 3.69. The van der Waals surface area contributed by atoms with Gasteiger partial charge in [-0.3, -0.25) is 9.59 Å². The lowest BCUT2D eigenvalue weighted by Gasteiger charge is -2.03. The average molecular weight is 388 g/mol. The second-order valence-corrected chi connectivity index (χ2v) is 6.82. The Kier molecular flexibility index (Phi) is 5.24. The van der Waals surface area contributed by atoms with E-state index in [0.29, 0.717) is 23.6 Å². The molecule has 6 heteroatoms. The van der Waals surface area contributed by atoms with Gasteiger partial charge in [-0.05, 0) is 13.0 Å². The minimum Gasteiger partial charge on any atom is -0.457 e. The molecule has 1 N–H and O–H groups in total. The normalized spacial score (nSPS) is 10.9. The summed E-state index contributed by atoms with van der Waals surface area (Å²) in [6.45, 7) is 1.73. The number of aromatic amines is 1.